The van der Waals surface area contributed by atoms with Gasteiger partial charge in [0.1, 0.15) is 11.6 Å². The van der Waals surface area contributed by atoms with E-state index in [1.807, 2.05) is 18.2 Å². The molecule has 0 amide bonds. The summed E-state index contributed by atoms with van der Waals surface area (Å²) in [5.41, 5.74) is 2.14. The van der Waals surface area contributed by atoms with Crippen LogP contribution in [0.3, 0.4) is 0 Å². The molecule has 0 aliphatic rings. The molecule has 0 saturated carbocycles. The number of methoxy groups -OCH3 is 1. The predicted molar refractivity (Wildman–Crippen MR) is 77.3 cm³/mol. The Hall–Kier alpha value is -1.94. The third-order valence-electron chi connectivity index (χ3n) is 3.22. The molecule has 0 bridgehead atoms. The lowest BCUT2D eigenvalue weighted by Crippen LogP contribution is -2.23. The van der Waals surface area contributed by atoms with E-state index in [9.17, 15) is 4.39 Å². The largest absolute Gasteiger partial charge is 0.495 e. The standard InChI is InChI=1S/C16H19FN2O/c1-3-19-15(10-12-4-6-13(17)7-5-12)14-8-9-18-11-16(14)20-2/h4-9,11,15,19H,3,10H2,1-2H3. The lowest BCUT2D eigenvalue weighted by Gasteiger charge is -2.20. The second-order valence-corrected chi connectivity index (χ2v) is 4.56. The molecule has 106 valence electrons. The second kappa shape index (κ2) is 7.01. The third kappa shape index (κ3) is 3.54. The SMILES string of the molecule is CCNC(Cc1ccc(F)cc1)c1ccncc1OC. The van der Waals surface area contributed by atoms with Crippen LogP contribution < -0.4 is 10.1 Å². The first-order valence-corrected chi connectivity index (χ1v) is 6.70. The van der Waals surface area contributed by atoms with E-state index in [-0.39, 0.29) is 11.9 Å². The zero-order valence-electron chi connectivity index (χ0n) is 11.8. The average Bonchev–Trinajstić information content (AvgIpc) is 2.49. The molecule has 1 atom stereocenters. The van der Waals surface area contributed by atoms with E-state index in [1.165, 1.54) is 12.1 Å². The van der Waals surface area contributed by atoms with Crippen molar-refractivity contribution in [1.82, 2.24) is 10.3 Å². The Morgan fingerprint density at radius 3 is 2.65 bits per heavy atom. The van der Waals surface area contributed by atoms with E-state index in [1.54, 1.807) is 19.5 Å². The maximum Gasteiger partial charge on any atom is 0.141 e. The second-order valence-electron chi connectivity index (χ2n) is 4.56. The highest BCUT2D eigenvalue weighted by molar-refractivity contribution is 5.34. The highest BCUT2D eigenvalue weighted by Crippen LogP contribution is 2.26. The summed E-state index contributed by atoms with van der Waals surface area (Å²) in [5.74, 6) is 0.552. The van der Waals surface area contributed by atoms with Gasteiger partial charge in [-0.15, -0.1) is 0 Å². The Morgan fingerprint density at radius 1 is 1.25 bits per heavy atom. The fraction of sp³-hybridized carbons (Fsp3) is 0.312. The normalized spacial score (nSPS) is 12.2. The molecule has 0 aliphatic carbocycles. The molecule has 1 aromatic carbocycles. The summed E-state index contributed by atoms with van der Waals surface area (Å²) < 4.78 is 18.3. The highest BCUT2D eigenvalue weighted by Gasteiger charge is 2.15. The number of likely N-dealkylation sites (N-methyl/N-ethyl adjacent to an activating group) is 1. The summed E-state index contributed by atoms with van der Waals surface area (Å²) in [6.45, 7) is 2.91. The molecule has 1 heterocycles. The minimum atomic E-state index is -0.213. The monoisotopic (exact) mass is 274 g/mol. The number of rotatable bonds is 6. The molecular formula is C16H19FN2O. The van der Waals surface area contributed by atoms with Gasteiger partial charge in [-0.3, -0.25) is 4.98 Å². The van der Waals surface area contributed by atoms with Crippen LogP contribution in [0, 0.1) is 5.82 Å². The number of halogens is 1. The van der Waals surface area contributed by atoms with Gasteiger partial charge in [0.15, 0.2) is 0 Å². The van der Waals surface area contributed by atoms with E-state index < -0.39 is 0 Å². The molecule has 2 rings (SSSR count). The van der Waals surface area contributed by atoms with Gasteiger partial charge in [0.2, 0.25) is 0 Å². The molecule has 0 radical (unpaired) electrons. The van der Waals surface area contributed by atoms with Crippen LogP contribution in [0.15, 0.2) is 42.7 Å². The van der Waals surface area contributed by atoms with E-state index in [0.29, 0.717) is 0 Å². The molecular weight excluding hydrogens is 255 g/mol. The molecule has 3 nitrogen and oxygen atoms in total. The molecule has 0 fully saturated rings. The number of pyridine rings is 1. The van der Waals surface area contributed by atoms with Crippen molar-refractivity contribution in [3.63, 3.8) is 0 Å². The van der Waals surface area contributed by atoms with Crippen LogP contribution in [0.5, 0.6) is 5.75 Å². The highest BCUT2D eigenvalue weighted by atomic mass is 19.1. The number of hydrogen-bond donors (Lipinski definition) is 1. The first kappa shape index (κ1) is 14.5. The predicted octanol–water partition coefficient (Wildman–Crippen LogP) is 3.12. The van der Waals surface area contributed by atoms with Crippen molar-refractivity contribution in [2.45, 2.75) is 19.4 Å². The van der Waals surface area contributed by atoms with Crippen molar-refractivity contribution in [3.8, 4) is 5.75 Å². The van der Waals surface area contributed by atoms with Gasteiger partial charge in [-0.2, -0.15) is 0 Å². The van der Waals surface area contributed by atoms with Gasteiger partial charge >= 0.3 is 0 Å². The van der Waals surface area contributed by atoms with Crippen molar-refractivity contribution in [3.05, 3.63) is 59.7 Å². The summed E-state index contributed by atoms with van der Waals surface area (Å²) in [7, 11) is 1.64. The summed E-state index contributed by atoms with van der Waals surface area (Å²) >= 11 is 0. The number of hydrogen-bond acceptors (Lipinski definition) is 3. The summed E-state index contributed by atoms with van der Waals surface area (Å²) in [6.07, 6.45) is 4.24. The minimum absolute atomic E-state index is 0.114. The Bertz CT molecular complexity index is 542. The van der Waals surface area contributed by atoms with Crippen LogP contribution in [-0.4, -0.2) is 18.6 Å². The molecule has 1 N–H and O–H groups in total. The van der Waals surface area contributed by atoms with Crippen LogP contribution in [0.1, 0.15) is 24.1 Å². The van der Waals surface area contributed by atoms with Crippen LogP contribution in [0.2, 0.25) is 0 Å². The van der Waals surface area contributed by atoms with Crippen molar-refractivity contribution in [1.29, 1.82) is 0 Å². The molecule has 2 aromatic rings. The first-order valence-electron chi connectivity index (χ1n) is 6.70. The van der Waals surface area contributed by atoms with Crippen molar-refractivity contribution in [2.75, 3.05) is 13.7 Å². The number of benzene rings is 1. The first-order chi connectivity index (χ1) is 9.74. The zero-order chi connectivity index (χ0) is 14.4. The Morgan fingerprint density at radius 2 is 2.00 bits per heavy atom. The van der Waals surface area contributed by atoms with Gasteiger partial charge in [-0.1, -0.05) is 19.1 Å². The Balaban J connectivity index is 2.24. The third-order valence-corrected chi connectivity index (χ3v) is 3.22. The van der Waals surface area contributed by atoms with Crippen LogP contribution in [0.4, 0.5) is 4.39 Å². The zero-order valence-corrected chi connectivity index (χ0v) is 11.8. The number of nitrogens with one attached hydrogen (secondary N) is 1. The number of nitrogens with zero attached hydrogens (tertiary/aromatic N) is 1. The van der Waals surface area contributed by atoms with Crippen LogP contribution in [0.25, 0.3) is 0 Å². The maximum absolute atomic E-state index is 13.0. The molecule has 1 unspecified atom stereocenters. The van der Waals surface area contributed by atoms with Gasteiger partial charge < -0.3 is 10.1 Å². The molecule has 20 heavy (non-hydrogen) atoms. The number of aromatic nitrogens is 1. The molecule has 4 heteroatoms. The average molecular weight is 274 g/mol. The fourth-order valence-electron chi connectivity index (χ4n) is 2.24. The Labute approximate surface area is 118 Å². The maximum atomic E-state index is 13.0. The quantitative estimate of drug-likeness (QED) is 0.878. The summed E-state index contributed by atoms with van der Waals surface area (Å²) in [6, 6.07) is 8.67. The van der Waals surface area contributed by atoms with Gasteiger partial charge in [-0.25, -0.2) is 4.39 Å². The number of ether oxygens (including phenoxy) is 1. The molecule has 0 saturated heterocycles. The summed E-state index contributed by atoms with van der Waals surface area (Å²) in [5, 5.41) is 3.44. The van der Waals surface area contributed by atoms with Crippen LogP contribution >= 0.6 is 0 Å². The summed E-state index contributed by atoms with van der Waals surface area (Å²) in [4.78, 5) is 4.07. The van der Waals surface area contributed by atoms with Crippen molar-refractivity contribution < 1.29 is 9.13 Å². The van der Waals surface area contributed by atoms with Gasteiger partial charge in [0.05, 0.1) is 13.3 Å². The molecule has 1 aromatic heterocycles. The smallest absolute Gasteiger partial charge is 0.141 e. The minimum Gasteiger partial charge on any atom is -0.495 e. The molecule has 0 spiro atoms. The van der Waals surface area contributed by atoms with Crippen molar-refractivity contribution >= 4 is 0 Å². The van der Waals surface area contributed by atoms with Gasteiger partial charge in [-0.05, 0) is 36.7 Å². The lowest BCUT2D eigenvalue weighted by molar-refractivity contribution is 0.397. The van der Waals surface area contributed by atoms with E-state index >= 15 is 0 Å². The van der Waals surface area contributed by atoms with Crippen molar-refractivity contribution in [2.24, 2.45) is 0 Å². The van der Waals surface area contributed by atoms with Crippen LogP contribution in [-0.2, 0) is 6.42 Å². The van der Waals surface area contributed by atoms with E-state index in [4.69, 9.17) is 4.74 Å². The van der Waals surface area contributed by atoms with Gasteiger partial charge in [0.25, 0.3) is 0 Å². The fourth-order valence-corrected chi connectivity index (χ4v) is 2.24. The Kier molecular flexibility index (Phi) is 5.07. The topological polar surface area (TPSA) is 34.2 Å². The van der Waals surface area contributed by atoms with Gasteiger partial charge in [0, 0.05) is 17.8 Å². The lowest BCUT2D eigenvalue weighted by atomic mass is 9.99. The molecule has 0 aliphatic heterocycles. The van der Waals surface area contributed by atoms with E-state index in [0.717, 1.165) is 29.8 Å². The van der Waals surface area contributed by atoms with E-state index in [2.05, 4.69) is 17.2 Å².